The average Bonchev–Trinajstić information content (AvgIpc) is 3.06. The van der Waals surface area contributed by atoms with Crippen LogP contribution in [-0.4, -0.2) is 95.7 Å². The van der Waals surface area contributed by atoms with E-state index in [9.17, 15) is 59.1 Å². The molecule has 0 bridgehead atoms. The third-order valence-corrected chi connectivity index (χ3v) is 11.4. The normalized spacial score (nSPS) is 9.42. The van der Waals surface area contributed by atoms with Gasteiger partial charge >= 0.3 is 128 Å². The van der Waals surface area contributed by atoms with Crippen LogP contribution in [0.2, 0.25) is 4.44 Å². The first kappa shape index (κ1) is 55.9. The van der Waals surface area contributed by atoms with Crippen molar-refractivity contribution in [2.24, 2.45) is 5.92 Å². The van der Waals surface area contributed by atoms with E-state index >= 15 is 0 Å². The molecule has 0 amide bonds. The van der Waals surface area contributed by atoms with Crippen molar-refractivity contribution < 1.29 is 68.9 Å². The fraction of sp³-hybridized carbons (Fsp3) is 0.639. The number of hydrogen-bond acceptors (Lipinski definition) is 13. The number of rotatable bonds is 24. The van der Waals surface area contributed by atoms with E-state index in [1.165, 1.54) is 11.5 Å². The van der Waals surface area contributed by atoms with Crippen LogP contribution in [0.5, 0.6) is 0 Å². The maximum absolute atomic E-state index is 10.8. The Kier molecular flexibility index (Phi) is 45.7. The summed E-state index contributed by atoms with van der Waals surface area (Å²) < 4.78 is 7.11. The third-order valence-electron chi connectivity index (χ3n) is 6.16. The SMILES string of the molecule is CC(C)[CH2][Sn+3].CO[C](=O)[Sn+2][c]1ccccc1.O=C([O-])CCCCCCC(=O)O.O=C([O-])CCCCCCC(=O)[O-].O=C([O-])CCCCCCC(=O)[O-]. The van der Waals surface area contributed by atoms with Gasteiger partial charge in [0.05, 0.1) is 0 Å². The zero-order chi connectivity index (χ0) is 40.6. The minimum absolute atomic E-state index is 0.0280. The predicted octanol–water partition coefficient (Wildman–Crippen LogP) is -0.173. The van der Waals surface area contributed by atoms with Crippen molar-refractivity contribution in [1.82, 2.24) is 0 Å². The summed E-state index contributed by atoms with van der Waals surface area (Å²) in [7, 11) is 1.44. The molecule has 0 unspecified atom stereocenters. The maximum Gasteiger partial charge on any atom is 0.303 e. The Hall–Kier alpha value is -2.89. The van der Waals surface area contributed by atoms with Crippen molar-refractivity contribution in [3.63, 3.8) is 0 Å². The summed E-state index contributed by atoms with van der Waals surface area (Å²) in [5.74, 6) is -5.09. The first-order valence-electron chi connectivity index (χ1n) is 17.2. The van der Waals surface area contributed by atoms with Gasteiger partial charge in [-0.3, -0.25) is 4.79 Å². The zero-order valence-electron chi connectivity index (χ0n) is 30.7. The second kappa shape index (κ2) is 42.5. The number of methoxy groups -OCH3 is 1. The quantitative estimate of drug-likeness (QED) is 0.104. The van der Waals surface area contributed by atoms with Gasteiger partial charge in [-0.05, 0) is 70.6 Å². The molecule has 16 heteroatoms. The molecule has 0 fully saturated rings. The molecule has 0 saturated carbocycles. The van der Waals surface area contributed by atoms with E-state index in [-0.39, 0.29) is 42.5 Å². The number of ether oxygens (including phenoxy) is 1. The molecule has 0 atom stereocenters. The second-order valence-corrected chi connectivity index (χ2v) is 16.3. The molecule has 0 aliphatic heterocycles. The molecular weight excluding hydrogens is 894 g/mol. The van der Waals surface area contributed by atoms with Gasteiger partial charge in [0.15, 0.2) is 0 Å². The van der Waals surface area contributed by atoms with Gasteiger partial charge in [0.1, 0.15) is 0 Å². The number of carbonyl (C=O) groups is 7. The first-order chi connectivity index (χ1) is 24.5. The smallest absolute Gasteiger partial charge is 0.303 e. The summed E-state index contributed by atoms with van der Waals surface area (Å²) in [5.41, 5.74) is 0. The molecular formula is C36H54O14Sn2. The van der Waals surface area contributed by atoms with Gasteiger partial charge in [-0.25, -0.2) is 0 Å². The number of unbranched alkanes of at least 4 members (excludes halogenated alkanes) is 9. The molecule has 0 aliphatic rings. The van der Waals surface area contributed by atoms with Crippen LogP contribution in [0.3, 0.4) is 0 Å². The molecule has 1 aromatic rings. The van der Waals surface area contributed by atoms with E-state index in [0.29, 0.717) is 38.5 Å². The van der Waals surface area contributed by atoms with Gasteiger partial charge in [0.25, 0.3) is 0 Å². The molecule has 14 nitrogen and oxygen atoms in total. The minimum Gasteiger partial charge on any atom is -0.550 e. The topological polar surface area (TPSA) is 264 Å². The van der Waals surface area contributed by atoms with Crippen LogP contribution in [0.1, 0.15) is 129 Å². The first-order valence-corrected chi connectivity index (χ1v) is 22.1. The molecule has 0 radical (unpaired) electrons. The predicted molar refractivity (Wildman–Crippen MR) is 185 cm³/mol. The summed E-state index contributed by atoms with van der Waals surface area (Å²) in [4.78, 5) is 70.5. The van der Waals surface area contributed by atoms with Crippen molar-refractivity contribution in [2.45, 2.75) is 134 Å². The molecule has 290 valence electrons. The Bertz CT molecular complexity index is 942. The summed E-state index contributed by atoms with van der Waals surface area (Å²) in [6.45, 7) is 4.49. The van der Waals surface area contributed by atoms with Crippen molar-refractivity contribution in [1.29, 1.82) is 0 Å². The van der Waals surface area contributed by atoms with Crippen molar-refractivity contribution >= 4 is 87.0 Å². The van der Waals surface area contributed by atoms with Crippen LogP contribution in [-0.2, 0) is 33.5 Å². The van der Waals surface area contributed by atoms with Crippen LogP contribution in [0.15, 0.2) is 30.3 Å². The summed E-state index contributed by atoms with van der Waals surface area (Å²) in [5, 5.41) is 57.9. The molecule has 0 heterocycles. The van der Waals surface area contributed by atoms with Crippen LogP contribution in [0, 0.1) is 5.92 Å². The number of benzene rings is 1. The van der Waals surface area contributed by atoms with Crippen molar-refractivity contribution in [3.8, 4) is 0 Å². The standard InChI is InChI=1S/3C8H14O4.C6H5.C4H9.C2H3O2.2Sn/c3*9-7(10)5-3-1-2-4-6-8(11)12;1-2-4-6-5-3-1;1-4(2)3;1-4-2-3;;/h3*1-6H2,(H,9,10)(H,11,12);1-5H;4H,1H2,2-3H3;1H3;;/q;;;;;;+2;+3/p-5. The summed E-state index contributed by atoms with van der Waals surface area (Å²) >= 11 is 0.546. The number of carboxylic acids is 6. The van der Waals surface area contributed by atoms with Crippen molar-refractivity contribution in [2.75, 3.05) is 7.11 Å². The molecule has 1 N–H and O–H groups in total. The molecule has 0 aliphatic carbocycles. The average molecular weight is 948 g/mol. The molecule has 1 aromatic carbocycles. The van der Waals surface area contributed by atoms with E-state index in [4.69, 9.17) is 5.11 Å². The Balaban J connectivity index is -0.000000283. The fourth-order valence-electron chi connectivity index (χ4n) is 3.37. The largest absolute Gasteiger partial charge is 0.550 e. The Morgan fingerprint density at radius 1 is 0.577 bits per heavy atom. The molecule has 0 spiro atoms. The number of carbonyl (C=O) groups excluding carboxylic acids is 6. The zero-order valence-corrected chi connectivity index (χ0v) is 36.4. The van der Waals surface area contributed by atoms with Crippen LogP contribution in [0.4, 0.5) is 4.79 Å². The van der Waals surface area contributed by atoms with Gasteiger partial charge in [-0.2, -0.15) is 0 Å². The molecule has 52 heavy (non-hydrogen) atoms. The third kappa shape index (κ3) is 62.3. The van der Waals surface area contributed by atoms with E-state index in [2.05, 4.69) is 18.6 Å². The van der Waals surface area contributed by atoms with E-state index in [0.717, 1.165) is 48.0 Å². The van der Waals surface area contributed by atoms with Gasteiger partial charge in [-0.15, -0.1) is 0 Å². The van der Waals surface area contributed by atoms with Gasteiger partial charge in [0.2, 0.25) is 0 Å². The number of carboxylic acid groups (broad SMARTS) is 6. The van der Waals surface area contributed by atoms with Gasteiger partial charge in [0, 0.05) is 36.3 Å². The molecule has 0 aromatic heterocycles. The van der Waals surface area contributed by atoms with Gasteiger partial charge < -0.3 is 54.6 Å². The number of aliphatic carboxylic acids is 6. The Labute approximate surface area is 331 Å². The van der Waals surface area contributed by atoms with Crippen LogP contribution in [0.25, 0.3) is 0 Å². The summed E-state index contributed by atoms with van der Waals surface area (Å²) in [6, 6.07) is 9.78. The number of hydrogen-bond donors (Lipinski definition) is 1. The molecule has 1 rings (SSSR count). The Morgan fingerprint density at radius 2 is 0.846 bits per heavy atom. The van der Waals surface area contributed by atoms with Crippen molar-refractivity contribution in [3.05, 3.63) is 30.3 Å². The van der Waals surface area contributed by atoms with E-state index in [1.807, 2.05) is 30.3 Å². The summed E-state index contributed by atoms with van der Waals surface area (Å²) in [6.07, 6.45) is 8.46. The van der Waals surface area contributed by atoms with E-state index < -0.39 is 57.0 Å². The van der Waals surface area contributed by atoms with Gasteiger partial charge in [-0.1, -0.05) is 38.5 Å². The monoisotopic (exact) mass is 950 g/mol. The van der Waals surface area contributed by atoms with Crippen LogP contribution < -0.4 is 29.1 Å². The Morgan fingerprint density at radius 3 is 1.06 bits per heavy atom. The molecule has 0 saturated heterocycles. The van der Waals surface area contributed by atoms with E-state index in [1.54, 1.807) is 22.5 Å². The second-order valence-electron chi connectivity index (χ2n) is 11.6. The maximum atomic E-state index is 10.8. The van der Waals surface area contributed by atoms with Crippen LogP contribution >= 0.6 is 0 Å². The fourth-order valence-corrected chi connectivity index (χ4v) is 5.36. The minimum atomic E-state index is -1.12.